The molecule has 0 bridgehead atoms. The highest BCUT2D eigenvalue weighted by Crippen LogP contribution is 2.37. The Morgan fingerprint density at radius 2 is 2.27 bits per heavy atom. The van der Waals surface area contributed by atoms with E-state index in [1.807, 2.05) is 19.0 Å². The Morgan fingerprint density at radius 1 is 1.67 bits per heavy atom. The summed E-state index contributed by atoms with van der Waals surface area (Å²) in [4.78, 5) is 12.6. The largest absolute Gasteiger partial charge is 0.481 e. The fraction of sp³-hybridized carbons (Fsp3) is 0.800. The van der Waals surface area contributed by atoms with Crippen molar-refractivity contribution in [3.63, 3.8) is 0 Å². The van der Waals surface area contributed by atoms with Gasteiger partial charge in [-0.25, -0.2) is 0 Å². The van der Waals surface area contributed by atoms with Crippen LogP contribution in [0.5, 0.6) is 0 Å². The third kappa shape index (κ3) is 2.91. The molecule has 0 heterocycles. The third-order valence-corrected chi connectivity index (χ3v) is 2.78. The van der Waals surface area contributed by atoms with Gasteiger partial charge in [0.15, 0.2) is 0 Å². The zero-order valence-corrected chi connectivity index (χ0v) is 9.16. The molecule has 1 rings (SSSR count). The molecule has 5 heteroatoms. The topological polar surface area (TPSA) is 76.4 Å². The van der Waals surface area contributed by atoms with Crippen molar-refractivity contribution < 1.29 is 9.90 Å². The van der Waals surface area contributed by atoms with E-state index in [9.17, 15) is 4.79 Å². The van der Waals surface area contributed by atoms with Crippen molar-refractivity contribution in [2.75, 3.05) is 27.2 Å². The SMILES string of the molecule is CN(C)CCNC1(C#N)CC(C(=O)O)C1. The molecule has 2 N–H and O–H groups in total. The molecule has 0 aromatic carbocycles. The van der Waals surface area contributed by atoms with Gasteiger partial charge in [-0.3, -0.25) is 10.1 Å². The molecule has 0 saturated heterocycles. The molecule has 5 nitrogen and oxygen atoms in total. The number of likely N-dealkylation sites (N-methyl/N-ethyl adjacent to an activating group) is 1. The first kappa shape index (κ1) is 12.0. The number of hydrogen-bond acceptors (Lipinski definition) is 4. The minimum Gasteiger partial charge on any atom is -0.481 e. The number of nitrogens with zero attached hydrogens (tertiary/aromatic N) is 2. The van der Waals surface area contributed by atoms with Crippen LogP contribution in [-0.2, 0) is 4.79 Å². The van der Waals surface area contributed by atoms with Crippen LogP contribution in [0.2, 0.25) is 0 Å². The van der Waals surface area contributed by atoms with Gasteiger partial charge in [-0.2, -0.15) is 5.26 Å². The number of aliphatic carboxylic acids is 1. The Bertz CT molecular complexity index is 277. The van der Waals surface area contributed by atoms with Crippen LogP contribution in [0.15, 0.2) is 0 Å². The zero-order valence-electron chi connectivity index (χ0n) is 9.16. The summed E-state index contributed by atoms with van der Waals surface area (Å²) in [7, 11) is 3.92. The summed E-state index contributed by atoms with van der Waals surface area (Å²) in [6, 6.07) is 2.18. The second-order valence-electron chi connectivity index (χ2n) is 4.37. The Kier molecular flexibility index (Phi) is 3.66. The van der Waals surface area contributed by atoms with Crippen LogP contribution in [0.4, 0.5) is 0 Å². The van der Waals surface area contributed by atoms with E-state index in [0.29, 0.717) is 19.4 Å². The minimum absolute atomic E-state index is 0.350. The standard InChI is InChI=1S/C10H17N3O2/c1-13(2)4-3-12-10(7-11)5-8(6-10)9(14)15/h8,12H,3-6H2,1-2H3,(H,14,15). The van der Waals surface area contributed by atoms with Crippen molar-refractivity contribution in [1.82, 2.24) is 10.2 Å². The van der Waals surface area contributed by atoms with Crippen molar-refractivity contribution >= 4 is 5.97 Å². The van der Waals surface area contributed by atoms with E-state index >= 15 is 0 Å². The van der Waals surface area contributed by atoms with Gasteiger partial charge in [-0.15, -0.1) is 0 Å². The summed E-state index contributed by atoms with van der Waals surface area (Å²) in [5.74, 6) is -1.15. The number of carboxylic acids is 1. The fourth-order valence-corrected chi connectivity index (χ4v) is 1.75. The second kappa shape index (κ2) is 4.60. The van der Waals surface area contributed by atoms with Crippen molar-refractivity contribution in [3.05, 3.63) is 0 Å². The first-order chi connectivity index (χ1) is 6.99. The molecule has 84 valence electrons. The molecule has 0 aromatic rings. The molecule has 0 aromatic heterocycles. The second-order valence-corrected chi connectivity index (χ2v) is 4.37. The Morgan fingerprint density at radius 3 is 2.67 bits per heavy atom. The van der Waals surface area contributed by atoms with Gasteiger partial charge < -0.3 is 10.0 Å². The predicted octanol–water partition coefficient (Wildman–Crippen LogP) is -0.105. The van der Waals surface area contributed by atoms with Crippen molar-refractivity contribution in [3.8, 4) is 6.07 Å². The predicted molar refractivity (Wildman–Crippen MR) is 55.3 cm³/mol. The van der Waals surface area contributed by atoms with E-state index in [0.717, 1.165) is 6.54 Å². The van der Waals surface area contributed by atoms with E-state index in [2.05, 4.69) is 11.4 Å². The van der Waals surface area contributed by atoms with E-state index < -0.39 is 11.5 Å². The van der Waals surface area contributed by atoms with Gasteiger partial charge in [0.2, 0.25) is 0 Å². The third-order valence-electron chi connectivity index (χ3n) is 2.78. The molecule has 1 aliphatic rings. The summed E-state index contributed by atoms with van der Waals surface area (Å²) in [6.45, 7) is 1.56. The summed E-state index contributed by atoms with van der Waals surface area (Å²) in [5.41, 5.74) is -0.598. The lowest BCUT2D eigenvalue weighted by Crippen LogP contribution is -2.57. The molecule has 0 amide bonds. The minimum atomic E-state index is -0.796. The lowest BCUT2D eigenvalue weighted by molar-refractivity contribution is -0.146. The number of rotatable bonds is 5. The normalized spacial score (nSPS) is 29.6. The lowest BCUT2D eigenvalue weighted by atomic mass is 9.69. The van der Waals surface area contributed by atoms with Gasteiger partial charge >= 0.3 is 5.97 Å². The summed E-state index contributed by atoms with van der Waals surface area (Å²) >= 11 is 0. The number of nitriles is 1. The van der Waals surface area contributed by atoms with Gasteiger partial charge in [-0.1, -0.05) is 0 Å². The molecular formula is C10H17N3O2. The average Bonchev–Trinajstić information content (AvgIpc) is 2.08. The van der Waals surface area contributed by atoms with Gasteiger partial charge in [0.1, 0.15) is 5.54 Å². The Hall–Kier alpha value is -1.12. The van der Waals surface area contributed by atoms with Crippen molar-refractivity contribution in [2.45, 2.75) is 18.4 Å². The monoisotopic (exact) mass is 211 g/mol. The molecule has 1 saturated carbocycles. The summed E-state index contributed by atoms with van der Waals surface area (Å²) < 4.78 is 0. The summed E-state index contributed by atoms with van der Waals surface area (Å²) in [6.07, 6.45) is 0.846. The van der Waals surface area contributed by atoms with E-state index in [1.54, 1.807) is 0 Å². The van der Waals surface area contributed by atoms with Crippen molar-refractivity contribution in [2.24, 2.45) is 5.92 Å². The highest BCUT2D eigenvalue weighted by Gasteiger charge is 2.47. The molecule has 0 spiro atoms. The Balaban J connectivity index is 2.33. The summed E-state index contributed by atoms with van der Waals surface area (Å²) in [5, 5.41) is 20.8. The van der Waals surface area contributed by atoms with E-state index in [-0.39, 0.29) is 5.92 Å². The van der Waals surface area contributed by atoms with Crippen LogP contribution in [0, 0.1) is 17.2 Å². The molecule has 0 unspecified atom stereocenters. The molecule has 0 aliphatic heterocycles. The fourth-order valence-electron chi connectivity index (χ4n) is 1.75. The van der Waals surface area contributed by atoms with Crippen LogP contribution in [0.1, 0.15) is 12.8 Å². The molecular weight excluding hydrogens is 194 g/mol. The highest BCUT2D eigenvalue weighted by atomic mass is 16.4. The molecule has 1 fully saturated rings. The van der Waals surface area contributed by atoms with Crippen LogP contribution in [0.25, 0.3) is 0 Å². The molecule has 0 atom stereocenters. The van der Waals surface area contributed by atoms with Gasteiger partial charge in [0.05, 0.1) is 12.0 Å². The van der Waals surface area contributed by atoms with Crippen LogP contribution < -0.4 is 5.32 Å². The first-order valence-corrected chi connectivity index (χ1v) is 5.03. The number of nitrogens with one attached hydrogen (secondary N) is 1. The molecule has 0 radical (unpaired) electrons. The van der Waals surface area contributed by atoms with Crippen LogP contribution in [0.3, 0.4) is 0 Å². The number of carbonyl (C=O) groups is 1. The molecule has 15 heavy (non-hydrogen) atoms. The highest BCUT2D eigenvalue weighted by molar-refractivity contribution is 5.72. The van der Waals surface area contributed by atoms with Crippen LogP contribution in [-0.4, -0.2) is 48.7 Å². The lowest BCUT2D eigenvalue weighted by Gasteiger charge is -2.41. The quantitative estimate of drug-likeness (QED) is 0.664. The van der Waals surface area contributed by atoms with Crippen molar-refractivity contribution in [1.29, 1.82) is 5.26 Å². The van der Waals surface area contributed by atoms with Gasteiger partial charge in [0.25, 0.3) is 0 Å². The molecule has 1 aliphatic carbocycles. The maximum atomic E-state index is 10.6. The van der Waals surface area contributed by atoms with Gasteiger partial charge in [-0.05, 0) is 26.9 Å². The number of hydrogen-bond donors (Lipinski definition) is 2. The van der Waals surface area contributed by atoms with Gasteiger partial charge in [0, 0.05) is 13.1 Å². The first-order valence-electron chi connectivity index (χ1n) is 5.03. The van der Waals surface area contributed by atoms with E-state index in [4.69, 9.17) is 10.4 Å². The smallest absolute Gasteiger partial charge is 0.306 e. The zero-order chi connectivity index (χ0) is 11.5. The Labute approximate surface area is 89.7 Å². The number of carboxylic acid groups (broad SMARTS) is 1. The average molecular weight is 211 g/mol. The van der Waals surface area contributed by atoms with E-state index in [1.165, 1.54) is 0 Å². The van der Waals surface area contributed by atoms with Crippen LogP contribution >= 0.6 is 0 Å². The maximum absolute atomic E-state index is 10.6. The maximum Gasteiger partial charge on any atom is 0.306 e.